The van der Waals surface area contributed by atoms with Gasteiger partial charge in [0.15, 0.2) is 0 Å². The highest BCUT2D eigenvalue weighted by atomic mass is 35.5. The number of hydrogen-bond acceptors (Lipinski definition) is 4. The Morgan fingerprint density at radius 2 is 1.88 bits per heavy atom. The van der Waals surface area contributed by atoms with E-state index in [1.807, 2.05) is 30.3 Å². The first-order chi connectivity index (χ1) is 11.7. The van der Waals surface area contributed by atoms with Crippen LogP contribution < -0.4 is 5.56 Å². The van der Waals surface area contributed by atoms with E-state index in [0.29, 0.717) is 22.0 Å². The first-order valence-corrected chi connectivity index (χ1v) is 7.74. The van der Waals surface area contributed by atoms with Gasteiger partial charge in [-0.25, -0.2) is 9.67 Å². The quantitative estimate of drug-likeness (QED) is 0.571. The molecule has 0 amide bonds. The van der Waals surface area contributed by atoms with Crippen LogP contribution in [-0.2, 0) is 6.54 Å². The van der Waals surface area contributed by atoms with Crippen LogP contribution in [0.4, 0.5) is 0 Å². The van der Waals surface area contributed by atoms with E-state index in [2.05, 4.69) is 10.1 Å². The van der Waals surface area contributed by atoms with Crippen LogP contribution in [0.5, 0.6) is 0 Å². The Balaban J connectivity index is 1.66. The normalized spacial score (nSPS) is 11.0. The number of aromatic nitrogens is 3. The summed E-state index contributed by atoms with van der Waals surface area (Å²) in [4.78, 5) is 16.9. The fourth-order valence-corrected chi connectivity index (χ4v) is 2.62. The van der Waals surface area contributed by atoms with Gasteiger partial charge in [0.2, 0.25) is 5.89 Å². The smallest absolute Gasteiger partial charge is 0.274 e. The highest BCUT2D eigenvalue weighted by Gasteiger charge is 2.10. The van der Waals surface area contributed by atoms with Gasteiger partial charge in [-0.1, -0.05) is 29.8 Å². The van der Waals surface area contributed by atoms with Gasteiger partial charge in [0.05, 0.1) is 18.1 Å². The molecule has 2 heterocycles. The SMILES string of the molecule is O=c1c2ccccc2cnn1Cc1coc(-c2ccc(Cl)cc2)n1. The van der Waals surface area contributed by atoms with Gasteiger partial charge in [-0.15, -0.1) is 0 Å². The molecule has 0 atom stereocenters. The molecule has 6 heteroatoms. The largest absolute Gasteiger partial charge is 0.444 e. The van der Waals surface area contributed by atoms with Crippen molar-refractivity contribution in [3.05, 3.63) is 82.1 Å². The Hall–Kier alpha value is -2.92. The molecule has 5 nitrogen and oxygen atoms in total. The lowest BCUT2D eigenvalue weighted by atomic mass is 10.2. The number of nitrogens with zero attached hydrogens (tertiary/aromatic N) is 3. The topological polar surface area (TPSA) is 60.9 Å². The minimum atomic E-state index is -0.149. The number of oxazole rings is 1. The summed E-state index contributed by atoms with van der Waals surface area (Å²) in [5.74, 6) is 0.482. The van der Waals surface area contributed by atoms with E-state index < -0.39 is 0 Å². The molecule has 0 N–H and O–H groups in total. The van der Waals surface area contributed by atoms with E-state index in [0.717, 1.165) is 10.9 Å². The number of rotatable bonds is 3. The van der Waals surface area contributed by atoms with Crippen molar-refractivity contribution in [3.8, 4) is 11.5 Å². The van der Waals surface area contributed by atoms with Crippen molar-refractivity contribution < 1.29 is 4.42 Å². The van der Waals surface area contributed by atoms with Gasteiger partial charge >= 0.3 is 0 Å². The van der Waals surface area contributed by atoms with Gasteiger partial charge in [-0.3, -0.25) is 4.79 Å². The van der Waals surface area contributed by atoms with Crippen LogP contribution >= 0.6 is 11.6 Å². The zero-order valence-electron chi connectivity index (χ0n) is 12.5. The molecule has 0 radical (unpaired) electrons. The number of benzene rings is 2. The van der Waals surface area contributed by atoms with Crippen molar-refractivity contribution in [2.24, 2.45) is 0 Å². The van der Waals surface area contributed by atoms with Crippen molar-refractivity contribution in [1.82, 2.24) is 14.8 Å². The number of halogens is 1. The summed E-state index contributed by atoms with van der Waals surface area (Å²) < 4.78 is 6.87. The third kappa shape index (κ3) is 2.70. The van der Waals surface area contributed by atoms with E-state index in [9.17, 15) is 4.79 Å². The van der Waals surface area contributed by atoms with E-state index >= 15 is 0 Å². The second-order valence-corrected chi connectivity index (χ2v) is 5.78. The van der Waals surface area contributed by atoms with Gasteiger partial charge in [0.25, 0.3) is 5.56 Å². The average molecular weight is 338 g/mol. The minimum Gasteiger partial charge on any atom is -0.444 e. The molecule has 0 saturated heterocycles. The maximum Gasteiger partial charge on any atom is 0.274 e. The minimum absolute atomic E-state index is 0.149. The molecule has 118 valence electrons. The van der Waals surface area contributed by atoms with Crippen LogP contribution in [0.15, 0.2) is 70.2 Å². The average Bonchev–Trinajstić information content (AvgIpc) is 3.07. The Kier molecular flexibility index (Phi) is 3.63. The summed E-state index contributed by atoms with van der Waals surface area (Å²) in [5.41, 5.74) is 1.30. The van der Waals surface area contributed by atoms with Crippen molar-refractivity contribution in [2.75, 3.05) is 0 Å². The summed E-state index contributed by atoms with van der Waals surface area (Å²) in [5, 5.41) is 6.30. The Labute approximate surface area is 142 Å². The molecular weight excluding hydrogens is 326 g/mol. The second kappa shape index (κ2) is 5.94. The third-order valence-electron chi connectivity index (χ3n) is 3.72. The molecule has 0 bridgehead atoms. The molecule has 0 spiro atoms. The molecule has 2 aromatic heterocycles. The fourth-order valence-electron chi connectivity index (χ4n) is 2.50. The summed E-state index contributed by atoms with van der Waals surface area (Å²) in [6.45, 7) is 0.251. The van der Waals surface area contributed by atoms with E-state index in [1.54, 1.807) is 24.4 Å². The zero-order chi connectivity index (χ0) is 16.5. The van der Waals surface area contributed by atoms with Gasteiger partial charge in [0, 0.05) is 16.0 Å². The third-order valence-corrected chi connectivity index (χ3v) is 3.97. The van der Waals surface area contributed by atoms with Gasteiger partial charge in [-0.2, -0.15) is 5.10 Å². The predicted molar refractivity (Wildman–Crippen MR) is 92.1 cm³/mol. The molecule has 0 fully saturated rings. The lowest BCUT2D eigenvalue weighted by Gasteiger charge is -2.03. The van der Waals surface area contributed by atoms with E-state index in [-0.39, 0.29) is 12.1 Å². The molecule has 0 aliphatic rings. The summed E-state index contributed by atoms with van der Waals surface area (Å²) in [7, 11) is 0. The summed E-state index contributed by atoms with van der Waals surface area (Å²) >= 11 is 5.88. The van der Waals surface area contributed by atoms with E-state index in [4.69, 9.17) is 16.0 Å². The standard InChI is InChI=1S/C18H12ClN3O2/c19-14-7-5-12(6-8-14)17-21-15(11-24-17)10-22-18(23)16-4-2-1-3-13(16)9-20-22/h1-9,11H,10H2. The molecular formula is C18H12ClN3O2. The summed E-state index contributed by atoms with van der Waals surface area (Å²) in [6, 6.07) is 14.6. The van der Waals surface area contributed by atoms with Gasteiger partial charge in [-0.05, 0) is 30.3 Å². The molecule has 0 unspecified atom stereocenters. The highest BCUT2D eigenvalue weighted by Crippen LogP contribution is 2.21. The van der Waals surface area contributed by atoms with Crippen molar-refractivity contribution in [3.63, 3.8) is 0 Å². The molecule has 4 rings (SSSR count). The maximum atomic E-state index is 12.5. The highest BCUT2D eigenvalue weighted by molar-refractivity contribution is 6.30. The van der Waals surface area contributed by atoms with Crippen LogP contribution in [0, 0.1) is 0 Å². The molecule has 0 saturated carbocycles. The van der Waals surface area contributed by atoms with Crippen LogP contribution in [0.1, 0.15) is 5.69 Å². The monoisotopic (exact) mass is 337 g/mol. The van der Waals surface area contributed by atoms with E-state index in [1.165, 1.54) is 10.9 Å². The van der Waals surface area contributed by atoms with Gasteiger partial charge < -0.3 is 4.42 Å². The van der Waals surface area contributed by atoms with Crippen molar-refractivity contribution in [2.45, 2.75) is 6.54 Å². The molecule has 2 aromatic carbocycles. The van der Waals surface area contributed by atoms with Crippen LogP contribution in [0.25, 0.3) is 22.2 Å². The van der Waals surface area contributed by atoms with Crippen LogP contribution in [0.2, 0.25) is 5.02 Å². The predicted octanol–water partition coefficient (Wildman–Crippen LogP) is 3.75. The lowest BCUT2D eigenvalue weighted by Crippen LogP contribution is -2.23. The van der Waals surface area contributed by atoms with Crippen LogP contribution in [-0.4, -0.2) is 14.8 Å². The zero-order valence-corrected chi connectivity index (χ0v) is 13.3. The Morgan fingerprint density at radius 3 is 2.71 bits per heavy atom. The number of hydrogen-bond donors (Lipinski definition) is 0. The fraction of sp³-hybridized carbons (Fsp3) is 0.0556. The van der Waals surface area contributed by atoms with Crippen LogP contribution in [0.3, 0.4) is 0 Å². The Bertz CT molecular complexity index is 1070. The summed E-state index contributed by atoms with van der Waals surface area (Å²) in [6.07, 6.45) is 3.21. The Morgan fingerprint density at radius 1 is 1.08 bits per heavy atom. The molecule has 0 aliphatic carbocycles. The van der Waals surface area contributed by atoms with Gasteiger partial charge in [0.1, 0.15) is 12.0 Å². The maximum absolute atomic E-state index is 12.5. The first kappa shape index (κ1) is 14.7. The van der Waals surface area contributed by atoms with Crippen molar-refractivity contribution >= 4 is 22.4 Å². The second-order valence-electron chi connectivity index (χ2n) is 5.35. The first-order valence-electron chi connectivity index (χ1n) is 7.36. The lowest BCUT2D eigenvalue weighted by molar-refractivity contribution is 0.568. The number of fused-ring (bicyclic) bond motifs is 1. The van der Waals surface area contributed by atoms with Crippen molar-refractivity contribution in [1.29, 1.82) is 0 Å². The molecule has 4 aromatic rings. The molecule has 0 aliphatic heterocycles. The molecule has 24 heavy (non-hydrogen) atoms.